The quantitative estimate of drug-likeness (QED) is 0.228. The molecule has 2 heterocycles. The zero-order valence-corrected chi connectivity index (χ0v) is 23.2. The number of Topliss-reactive ketones (excluding diaryl/α,β-unsaturated/α-hetero) is 1. The Morgan fingerprint density at radius 2 is 1.80 bits per heavy atom. The Balaban J connectivity index is 1.54. The number of thiazole rings is 1. The standard InChI is InChI=1S/C32H29FN2O4S/c1-19(2)39-25-11-7-10-23(18-25)27-26(28(36)30-20(3)34-31(40-30)22-8-5-4-6-9-22)29(37)32(38)35(27)17-16-21-12-14-24(33)15-13-21/h4-15,18-19,27,37H,16-17H2,1-3H3. The smallest absolute Gasteiger partial charge is 0.290 e. The van der Waals surface area contributed by atoms with Crippen molar-refractivity contribution >= 4 is 23.0 Å². The van der Waals surface area contributed by atoms with E-state index in [0.29, 0.717) is 33.3 Å². The molecule has 0 aliphatic carbocycles. The summed E-state index contributed by atoms with van der Waals surface area (Å²) in [6.45, 7) is 5.79. The number of amides is 1. The summed E-state index contributed by atoms with van der Waals surface area (Å²) < 4.78 is 19.3. The molecule has 1 aliphatic heterocycles. The van der Waals surface area contributed by atoms with Crippen LogP contribution in [0.1, 0.15) is 46.4 Å². The summed E-state index contributed by atoms with van der Waals surface area (Å²) in [5.74, 6) is -1.39. The minimum Gasteiger partial charge on any atom is -0.503 e. The number of halogens is 1. The molecule has 1 aliphatic rings. The number of aliphatic hydroxyl groups is 1. The van der Waals surface area contributed by atoms with E-state index in [1.165, 1.54) is 28.4 Å². The number of aliphatic hydroxyl groups excluding tert-OH is 1. The highest BCUT2D eigenvalue weighted by Gasteiger charge is 2.44. The van der Waals surface area contributed by atoms with Gasteiger partial charge in [0.05, 0.1) is 28.3 Å². The number of carbonyl (C=O) groups is 2. The predicted octanol–water partition coefficient (Wildman–Crippen LogP) is 6.87. The molecule has 0 spiro atoms. The van der Waals surface area contributed by atoms with Crippen LogP contribution in [0.3, 0.4) is 0 Å². The summed E-state index contributed by atoms with van der Waals surface area (Å²) in [5.41, 5.74) is 2.89. The zero-order valence-electron chi connectivity index (χ0n) is 22.4. The highest BCUT2D eigenvalue weighted by Crippen LogP contribution is 2.41. The minimum atomic E-state index is -0.835. The maximum Gasteiger partial charge on any atom is 0.290 e. The van der Waals surface area contributed by atoms with Crippen molar-refractivity contribution in [3.8, 4) is 16.3 Å². The molecular weight excluding hydrogens is 527 g/mol. The van der Waals surface area contributed by atoms with Gasteiger partial charge in [0.2, 0.25) is 5.78 Å². The lowest BCUT2D eigenvalue weighted by Gasteiger charge is -2.27. The second-order valence-corrected chi connectivity index (χ2v) is 10.9. The van der Waals surface area contributed by atoms with Crippen LogP contribution in [-0.4, -0.2) is 39.3 Å². The molecule has 1 amide bonds. The lowest BCUT2D eigenvalue weighted by atomic mass is 9.94. The van der Waals surface area contributed by atoms with Gasteiger partial charge in [-0.05, 0) is 62.6 Å². The molecule has 40 heavy (non-hydrogen) atoms. The number of ketones is 1. The molecule has 4 aromatic rings. The van der Waals surface area contributed by atoms with Crippen molar-refractivity contribution in [2.75, 3.05) is 6.54 Å². The molecule has 1 aromatic heterocycles. The van der Waals surface area contributed by atoms with Crippen LogP contribution in [-0.2, 0) is 11.2 Å². The fourth-order valence-electron chi connectivity index (χ4n) is 4.83. The van der Waals surface area contributed by atoms with Gasteiger partial charge in [0, 0.05) is 12.1 Å². The van der Waals surface area contributed by atoms with E-state index in [9.17, 15) is 19.1 Å². The van der Waals surface area contributed by atoms with Crippen LogP contribution in [0.2, 0.25) is 0 Å². The Morgan fingerprint density at radius 1 is 1.07 bits per heavy atom. The van der Waals surface area contributed by atoms with Gasteiger partial charge in [-0.1, -0.05) is 54.6 Å². The maximum absolute atomic E-state index is 14.1. The Morgan fingerprint density at radius 3 is 2.50 bits per heavy atom. The van der Waals surface area contributed by atoms with E-state index in [2.05, 4.69) is 4.98 Å². The van der Waals surface area contributed by atoms with E-state index in [-0.39, 0.29) is 24.0 Å². The Bertz CT molecular complexity index is 1580. The first-order valence-electron chi connectivity index (χ1n) is 13.1. The summed E-state index contributed by atoms with van der Waals surface area (Å²) in [4.78, 5) is 34.0. The highest BCUT2D eigenvalue weighted by atomic mass is 32.1. The summed E-state index contributed by atoms with van der Waals surface area (Å²) >= 11 is 1.24. The average Bonchev–Trinajstić information content (AvgIpc) is 3.45. The molecule has 3 aromatic carbocycles. The van der Waals surface area contributed by atoms with Gasteiger partial charge < -0.3 is 14.7 Å². The van der Waals surface area contributed by atoms with E-state index < -0.39 is 23.5 Å². The van der Waals surface area contributed by atoms with Crippen molar-refractivity contribution in [2.45, 2.75) is 39.3 Å². The third-order valence-corrected chi connectivity index (χ3v) is 7.88. The van der Waals surface area contributed by atoms with Crippen LogP contribution in [0.25, 0.3) is 10.6 Å². The number of hydrogen-bond donors (Lipinski definition) is 1. The molecule has 0 saturated heterocycles. The first kappa shape index (κ1) is 27.3. The van der Waals surface area contributed by atoms with Gasteiger partial charge in [0.25, 0.3) is 5.91 Å². The molecule has 5 rings (SSSR count). The van der Waals surface area contributed by atoms with E-state index in [1.54, 1.807) is 31.2 Å². The van der Waals surface area contributed by atoms with Crippen LogP contribution in [0.5, 0.6) is 5.75 Å². The molecule has 1 unspecified atom stereocenters. The number of carbonyl (C=O) groups excluding carboxylic acids is 2. The minimum absolute atomic E-state index is 0.0113. The van der Waals surface area contributed by atoms with Crippen LogP contribution in [0.15, 0.2) is 90.2 Å². The molecule has 1 N–H and O–H groups in total. The van der Waals surface area contributed by atoms with E-state index in [1.807, 2.05) is 56.3 Å². The van der Waals surface area contributed by atoms with Crippen LogP contribution >= 0.6 is 11.3 Å². The van der Waals surface area contributed by atoms with Crippen molar-refractivity contribution in [2.24, 2.45) is 0 Å². The van der Waals surface area contributed by atoms with E-state index in [0.717, 1.165) is 11.1 Å². The van der Waals surface area contributed by atoms with Gasteiger partial charge in [0.15, 0.2) is 5.76 Å². The number of ether oxygens (including phenoxy) is 1. The Labute approximate surface area is 236 Å². The first-order chi connectivity index (χ1) is 19.2. The lowest BCUT2D eigenvalue weighted by Crippen LogP contribution is -2.33. The zero-order chi connectivity index (χ0) is 28.4. The SMILES string of the molecule is Cc1nc(-c2ccccc2)sc1C(=O)C1=C(O)C(=O)N(CCc2ccc(F)cc2)C1c1cccc(OC(C)C)c1. The summed E-state index contributed by atoms with van der Waals surface area (Å²) in [6, 6.07) is 22.0. The molecule has 6 nitrogen and oxygen atoms in total. The van der Waals surface area contributed by atoms with Crippen LogP contribution < -0.4 is 4.74 Å². The van der Waals surface area contributed by atoms with Crippen molar-refractivity contribution in [3.05, 3.63) is 118 Å². The number of aryl methyl sites for hydroxylation is 1. The molecule has 204 valence electrons. The van der Waals surface area contributed by atoms with Crippen LogP contribution in [0.4, 0.5) is 4.39 Å². The fraction of sp³-hybridized carbons (Fsp3) is 0.219. The summed E-state index contributed by atoms with van der Waals surface area (Å²) in [7, 11) is 0. The predicted molar refractivity (Wildman–Crippen MR) is 153 cm³/mol. The topological polar surface area (TPSA) is 79.7 Å². The van der Waals surface area contributed by atoms with Gasteiger partial charge in [-0.2, -0.15) is 0 Å². The van der Waals surface area contributed by atoms with Crippen LogP contribution in [0, 0.1) is 12.7 Å². The maximum atomic E-state index is 14.1. The third kappa shape index (κ3) is 5.53. The van der Waals surface area contributed by atoms with Crippen molar-refractivity contribution < 1.29 is 23.8 Å². The monoisotopic (exact) mass is 556 g/mol. The Hall–Kier alpha value is -4.30. The molecule has 0 radical (unpaired) electrons. The average molecular weight is 557 g/mol. The molecule has 0 saturated carbocycles. The number of aromatic nitrogens is 1. The second kappa shape index (κ2) is 11.4. The first-order valence-corrected chi connectivity index (χ1v) is 13.9. The lowest BCUT2D eigenvalue weighted by molar-refractivity contribution is -0.129. The van der Waals surface area contributed by atoms with Gasteiger partial charge in [-0.15, -0.1) is 11.3 Å². The van der Waals surface area contributed by atoms with Gasteiger partial charge in [-0.25, -0.2) is 9.37 Å². The van der Waals surface area contributed by atoms with Gasteiger partial charge >= 0.3 is 0 Å². The Kier molecular flexibility index (Phi) is 7.80. The van der Waals surface area contributed by atoms with Crippen molar-refractivity contribution in [1.82, 2.24) is 9.88 Å². The number of rotatable bonds is 9. The third-order valence-electron chi connectivity index (χ3n) is 6.67. The number of benzene rings is 3. The van der Waals surface area contributed by atoms with E-state index >= 15 is 0 Å². The molecule has 0 bridgehead atoms. The largest absolute Gasteiger partial charge is 0.503 e. The molecule has 8 heteroatoms. The number of nitrogens with zero attached hydrogens (tertiary/aromatic N) is 2. The van der Waals surface area contributed by atoms with Gasteiger partial charge in [-0.3, -0.25) is 9.59 Å². The number of hydrogen-bond acceptors (Lipinski definition) is 6. The normalized spacial score (nSPS) is 15.3. The molecular formula is C32H29FN2O4S. The fourth-order valence-corrected chi connectivity index (χ4v) is 5.85. The van der Waals surface area contributed by atoms with Crippen molar-refractivity contribution in [3.63, 3.8) is 0 Å². The van der Waals surface area contributed by atoms with Gasteiger partial charge in [0.1, 0.15) is 16.6 Å². The summed E-state index contributed by atoms with van der Waals surface area (Å²) in [5, 5.41) is 11.8. The van der Waals surface area contributed by atoms with Crippen molar-refractivity contribution in [1.29, 1.82) is 0 Å². The second-order valence-electron chi connectivity index (χ2n) is 9.91. The molecule has 1 atom stereocenters. The molecule has 0 fully saturated rings. The summed E-state index contributed by atoms with van der Waals surface area (Å²) in [6.07, 6.45) is 0.341. The van der Waals surface area contributed by atoms with E-state index in [4.69, 9.17) is 4.74 Å². The highest BCUT2D eigenvalue weighted by molar-refractivity contribution is 7.17.